The van der Waals surface area contributed by atoms with Crippen LogP contribution in [0.2, 0.25) is 0 Å². The molecule has 28 heavy (non-hydrogen) atoms. The van der Waals surface area contributed by atoms with Gasteiger partial charge < -0.3 is 24.6 Å². The smallest absolute Gasteiger partial charge is 0.191 e. The number of guanidine groups is 1. The summed E-state index contributed by atoms with van der Waals surface area (Å²) >= 11 is 0. The maximum atomic E-state index is 5.96. The molecule has 2 aromatic rings. The highest BCUT2D eigenvalue weighted by molar-refractivity contribution is 14.0. The van der Waals surface area contributed by atoms with Crippen LogP contribution in [0.3, 0.4) is 0 Å². The molecule has 0 aliphatic rings. The van der Waals surface area contributed by atoms with Crippen LogP contribution in [0.1, 0.15) is 37.8 Å². The van der Waals surface area contributed by atoms with E-state index < -0.39 is 0 Å². The largest absolute Gasteiger partial charge is 0.493 e. The molecule has 0 saturated carbocycles. The second kappa shape index (κ2) is 12.5. The first-order chi connectivity index (χ1) is 13.1. The molecule has 0 spiro atoms. The summed E-state index contributed by atoms with van der Waals surface area (Å²) in [7, 11) is 3.38. The van der Waals surface area contributed by atoms with Crippen molar-refractivity contribution < 1.29 is 14.0 Å². The summed E-state index contributed by atoms with van der Waals surface area (Å²) in [5, 5.41) is 10.7. The molecule has 2 N–H and O–H groups in total. The van der Waals surface area contributed by atoms with Crippen molar-refractivity contribution in [2.45, 2.75) is 46.3 Å². The summed E-state index contributed by atoms with van der Waals surface area (Å²) in [6.45, 7) is 7.36. The molecule has 2 rings (SSSR count). The number of aliphatic imine (C=N–C) groups is 1. The summed E-state index contributed by atoms with van der Waals surface area (Å²) < 4.78 is 16.7. The number of nitrogens with one attached hydrogen (secondary N) is 2. The molecule has 156 valence electrons. The van der Waals surface area contributed by atoms with Crippen molar-refractivity contribution >= 4 is 29.9 Å². The first-order valence-corrected chi connectivity index (χ1v) is 9.33. The van der Waals surface area contributed by atoms with Crippen LogP contribution in [0.25, 0.3) is 0 Å². The van der Waals surface area contributed by atoms with Crippen LogP contribution in [0.15, 0.2) is 33.8 Å². The van der Waals surface area contributed by atoms with E-state index in [1.165, 1.54) is 0 Å². The zero-order valence-electron chi connectivity index (χ0n) is 17.2. The van der Waals surface area contributed by atoms with Crippen molar-refractivity contribution in [2.24, 2.45) is 4.99 Å². The summed E-state index contributed by atoms with van der Waals surface area (Å²) in [4.78, 5) is 4.27. The Bertz CT molecular complexity index is 727. The lowest BCUT2D eigenvalue weighted by Gasteiger charge is -2.19. The standard InChI is InChI=1S/C20H30N4O3.HI/c1-6-16-15(17(7-2)27-24-16)13-23-20(21-4)22-12-14(3)26-19-11-9-8-10-18(19)25-5;/h8-11,14H,6-7,12-13H2,1-5H3,(H2,21,22,23);1H. The molecule has 1 unspecified atom stereocenters. The molecule has 8 heteroatoms. The Hall–Kier alpha value is -1.97. The van der Waals surface area contributed by atoms with Gasteiger partial charge >= 0.3 is 0 Å². The van der Waals surface area contributed by atoms with Gasteiger partial charge in [0.2, 0.25) is 0 Å². The quantitative estimate of drug-likeness (QED) is 0.310. The Labute approximate surface area is 184 Å². The van der Waals surface area contributed by atoms with Gasteiger partial charge in [-0.1, -0.05) is 31.1 Å². The Kier molecular flexibility index (Phi) is 10.7. The zero-order chi connectivity index (χ0) is 19.6. The average molecular weight is 502 g/mol. The van der Waals surface area contributed by atoms with E-state index in [0.717, 1.165) is 41.4 Å². The van der Waals surface area contributed by atoms with E-state index in [1.54, 1.807) is 14.2 Å². The number of halogens is 1. The molecule has 0 fully saturated rings. The van der Waals surface area contributed by atoms with Crippen molar-refractivity contribution in [1.29, 1.82) is 0 Å². The van der Waals surface area contributed by atoms with Crippen LogP contribution in [-0.4, -0.2) is 37.9 Å². The fraction of sp³-hybridized carbons (Fsp3) is 0.500. The second-order valence-electron chi connectivity index (χ2n) is 6.12. The van der Waals surface area contributed by atoms with Gasteiger partial charge in [-0.3, -0.25) is 4.99 Å². The average Bonchev–Trinajstić information content (AvgIpc) is 3.10. The molecule has 0 radical (unpaired) electrons. The van der Waals surface area contributed by atoms with E-state index in [4.69, 9.17) is 14.0 Å². The number of aryl methyl sites for hydroxylation is 2. The minimum Gasteiger partial charge on any atom is -0.493 e. The van der Waals surface area contributed by atoms with Crippen molar-refractivity contribution in [3.8, 4) is 11.5 Å². The number of nitrogens with zero attached hydrogens (tertiary/aromatic N) is 2. The van der Waals surface area contributed by atoms with E-state index in [1.807, 2.05) is 31.2 Å². The predicted octanol–water partition coefficient (Wildman–Crippen LogP) is 3.56. The van der Waals surface area contributed by atoms with Crippen LogP contribution < -0.4 is 20.1 Å². The van der Waals surface area contributed by atoms with E-state index in [2.05, 4.69) is 34.6 Å². The lowest BCUT2D eigenvalue weighted by Crippen LogP contribution is -2.41. The van der Waals surface area contributed by atoms with Gasteiger partial charge in [0, 0.05) is 25.6 Å². The number of rotatable bonds is 9. The minimum absolute atomic E-state index is 0. The maximum absolute atomic E-state index is 5.96. The van der Waals surface area contributed by atoms with Gasteiger partial charge in [-0.05, 0) is 25.5 Å². The first kappa shape index (κ1) is 24.1. The normalized spacial score (nSPS) is 12.1. The van der Waals surface area contributed by atoms with Crippen molar-refractivity contribution in [1.82, 2.24) is 15.8 Å². The lowest BCUT2D eigenvalue weighted by atomic mass is 10.1. The van der Waals surface area contributed by atoms with Crippen LogP contribution in [0.5, 0.6) is 11.5 Å². The molecular weight excluding hydrogens is 471 g/mol. The molecule has 1 atom stereocenters. The Morgan fingerprint density at radius 1 is 1.18 bits per heavy atom. The molecule has 1 aromatic carbocycles. The number of hydrogen-bond acceptors (Lipinski definition) is 5. The predicted molar refractivity (Wildman–Crippen MR) is 122 cm³/mol. The Balaban J connectivity index is 0.00000392. The number of hydrogen-bond donors (Lipinski definition) is 2. The highest BCUT2D eigenvalue weighted by Crippen LogP contribution is 2.26. The highest BCUT2D eigenvalue weighted by Gasteiger charge is 2.14. The van der Waals surface area contributed by atoms with Gasteiger partial charge in [-0.2, -0.15) is 0 Å². The van der Waals surface area contributed by atoms with Crippen LogP contribution in [0, 0.1) is 0 Å². The number of aromatic nitrogens is 1. The third-order valence-corrected chi connectivity index (χ3v) is 4.22. The van der Waals surface area contributed by atoms with E-state index >= 15 is 0 Å². The van der Waals surface area contributed by atoms with Crippen LogP contribution in [0.4, 0.5) is 0 Å². The fourth-order valence-corrected chi connectivity index (χ4v) is 2.75. The first-order valence-electron chi connectivity index (χ1n) is 9.33. The summed E-state index contributed by atoms with van der Waals surface area (Å²) in [5.41, 5.74) is 2.10. The van der Waals surface area contributed by atoms with Crippen LogP contribution >= 0.6 is 24.0 Å². The molecule has 0 aliphatic heterocycles. The van der Waals surface area contributed by atoms with Gasteiger partial charge in [0.05, 0.1) is 19.3 Å². The molecular formula is C20H31IN4O3. The number of ether oxygens (including phenoxy) is 2. The summed E-state index contributed by atoms with van der Waals surface area (Å²) in [6.07, 6.45) is 1.60. The van der Waals surface area contributed by atoms with Gasteiger partial charge in [0.25, 0.3) is 0 Å². The molecule has 1 heterocycles. The SMILES string of the molecule is CCc1noc(CC)c1CNC(=NC)NCC(C)Oc1ccccc1OC.I. The van der Waals surface area contributed by atoms with Gasteiger partial charge in [0.1, 0.15) is 11.9 Å². The molecule has 0 amide bonds. The molecule has 0 bridgehead atoms. The number of methoxy groups -OCH3 is 1. The van der Waals surface area contributed by atoms with Gasteiger partial charge in [-0.25, -0.2) is 0 Å². The van der Waals surface area contributed by atoms with Crippen LogP contribution in [-0.2, 0) is 19.4 Å². The topological polar surface area (TPSA) is 80.9 Å². The second-order valence-corrected chi connectivity index (χ2v) is 6.12. The maximum Gasteiger partial charge on any atom is 0.191 e. The van der Waals surface area contributed by atoms with Crippen molar-refractivity contribution in [3.05, 3.63) is 41.3 Å². The Morgan fingerprint density at radius 2 is 1.89 bits per heavy atom. The van der Waals surface area contributed by atoms with E-state index in [0.29, 0.717) is 19.0 Å². The third-order valence-electron chi connectivity index (χ3n) is 4.22. The summed E-state index contributed by atoms with van der Waals surface area (Å²) in [5.74, 6) is 3.07. The lowest BCUT2D eigenvalue weighted by molar-refractivity contribution is 0.213. The number of para-hydroxylation sites is 2. The Morgan fingerprint density at radius 3 is 2.50 bits per heavy atom. The molecule has 0 saturated heterocycles. The molecule has 7 nitrogen and oxygen atoms in total. The molecule has 0 aliphatic carbocycles. The van der Waals surface area contributed by atoms with Gasteiger partial charge in [-0.15, -0.1) is 24.0 Å². The van der Waals surface area contributed by atoms with Crippen molar-refractivity contribution in [2.75, 3.05) is 20.7 Å². The fourth-order valence-electron chi connectivity index (χ4n) is 2.75. The summed E-state index contributed by atoms with van der Waals surface area (Å²) in [6, 6.07) is 7.62. The zero-order valence-corrected chi connectivity index (χ0v) is 19.6. The highest BCUT2D eigenvalue weighted by atomic mass is 127. The number of benzene rings is 1. The third kappa shape index (κ3) is 6.57. The minimum atomic E-state index is -0.0622. The monoisotopic (exact) mass is 502 g/mol. The van der Waals surface area contributed by atoms with E-state index in [-0.39, 0.29) is 30.1 Å². The molecule has 1 aromatic heterocycles. The van der Waals surface area contributed by atoms with E-state index in [9.17, 15) is 0 Å². The van der Waals surface area contributed by atoms with Gasteiger partial charge in [0.15, 0.2) is 17.5 Å². The van der Waals surface area contributed by atoms with Crippen molar-refractivity contribution in [3.63, 3.8) is 0 Å².